The molecule has 0 unspecified atom stereocenters. The van der Waals surface area contributed by atoms with Crippen LogP contribution in [-0.4, -0.2) is 17.9 Å². The number of benzene rings is 1. The molecule has 0 aliphatic carbocycles. The zero-order valence-corrected chi connectivity index (χ0v) is 10.3. The number of ether oxygens (including phenoxy) is 1. The Labute approximate surface area is 100 Å². The SMILES string of the molecule is CC(C)(C)OC(=O)N=Cc1ccc(Cl)cc1. The van der Waals surface area contributed by atoms with Crippen molar-refractivity contribution in [2.45, 2.75) is 26.4 Å². The zero-order chi connectivity index (χ0) is 12.2. The first-order valence-electron chi connectivity index (χ1n) is 4.89. The Kier molecular flexibility index (Phi) is 4.07. The van der Waals surface area contributed by atoms with E-state index in [1.807, 2.05) is 0 Å². The van der Waals surface area contributed by atoms with Gasteiger partial charge in [-0.25, -0.2) is 4.79 Å². The number of rotatable bonds is 1. The lowest BCUT2D eigenvalue weighted by molar-refractivity contribution is 0.0605. The molecule has 0 saturated heterocycles. The molecule has 0 spiro atoms. The number of carbonyl (C=O) groups is 1. The molecule has 0 heterocycles. The Morgan fingerprint density at radius 1 is 1.31 bits per heavy atom. The molecule has 86 valence electrons. The fraction of sp³-hybridized carbons (Fsp3) is 0.333. The summed E-state index contributed by atoms with van der Waals surface area (Å²) >= 11 is 5.73. The average molecular weight is 240 g/mol. The lowest BCUT2D eigenvalue weighted by Crippen LogP contribution is -2.21. The van der Waals surface area contributed by atoms with E-state index in [4.69, 9.17) is 16.3 Å². The molecule has 0 atom stereocenters. The summed E-state index contributed by atoms with van der Waals surface area (Å²) in [5.74, 6) is 0. The molecule has 1 aromatic rings. The van der Waals surface area contributed by atoms with Gasteiger partial charge in [-0.15, -0.1) is 0 Å². The minimum absolute atomic E-state index is 0.519. The molecular weight excluding hydrogens is 226 g/mol. The van der Waals surface area contributed by atoms with Crippen LogP contribution in [-0.2, 0) is 4.74 Å². The largest absolute Gasteiger partial charge is 0.442 e. The molecule has 1 amide bonds. The quantitative estimate of drug-likeness (QED) is 0.701. The second-order valence-electron chi connectivity index (χ2n) is 4.29. The van der Waals surface area contributed by atoms with Gasteiger partial charge in [0.05, 0.1) is 0 Å². The Hall–Kier alpha value is -1.35. The topological polar surface area (TPSA) is 38.7 Å². The molecule has 4 heteroatoms. The predicted molar refractivity (Wildman–Crippen MR) is 65.3 cm³/mol. The summed E-state index contributed by atoms with van der Waals surface area (Å²) in [5.41, 5.74) is 0.282. The van der Waals surface area contributed by atoms with Gasteiger partial charge in [0.25, 0.3) is 0 Å². The van der Waals surface area contributed by atoms with Crippen LogP contribution in [0.2, 0.25) is 5.02 Å². The number of hydrogen-bond donors (Lipinski definition) is 0. The number of aliphatic imine (C=N–C) groups is 1. The van der Waals surface area contributed by atoms with Gasteiger partial charge in [-0.2, -0.15) is 4.99 Å². The maximum Gasteiger partial charge on any atom is 0.434 e. The van der Waals surface area contributed by atoms with Crippen LogP contribution in [0.1, 0.15) is 26.3 Å². The minimum Gasteiger partial charge on any atom is -0.442 e. The van der Waals surface area contributed by atoms with Crippen molar-refractivity contribution in [2.24, 2.45) is 4.99 Å². The maximum atomic E-state index is 11.3. The van der Waals surface area contributed by atoms with E-state index in [1.54, 1.807) is 45.0 Å². The van der Waals surface area contributed by atoms with E-state index >= 15 is 0 Å². The van der Waals surface area contributed by atoms with Crippen LogP contribution in [0.25, 0.3) is 0 Å². The third kappa shape index (κ3) is 4.94. The lowest BCUT2D eigenvalue weighted by atomic mass is 10.2. The molecule has 0 bridgehead atoms. The smallest absolute Gasteiger partial charge is 0.434 e. The second kappa shape index (κ2) is 5.12. The van der Waals surface area contributed by atoms with Crippen LogP contribution < -0.4 is 0 Å². The lowest BCUT2D eigenvalue weighted by Gasteiger charge is -2.16. The van der Waals surface area contributed by atoms with Crippen molar-refractivity contribution in [1.29, 1.82) is 0 Å². The zero-order valence-electron chi connectivity index (χ0n) is 9.53. The second-order valence-corrected chi connectivity index (χ2v) is 4.73. The number of amides is 1. The van der Waals surface area contributed by atoms with Gasteiger partial charge in [-0.05, 0) is 38.5 Å². The van der Waals surface area contributed by atoms with Crippen molar-refractivity contribution < 1.29 is 9.53 Å². The molecule has 0 aliphatic heterocycles. The number of carbonyl (C=O) groups excluding carboxylic acids is 1. The van der Waals surface area contributed by atoms with E-state index in [2.05, 4.69) is 4.99 Å². The Balaban J connectivity index is 2.60. The fourth-order valence-electron chi connectivity index (χ4n) is 0.964. The fourth-order valence-corrected chi connectivity index (χ4v) is 1.09. The third-order valence-corrected chi connectivity index (χ3v) is 1.83. The molecular formula is C12H14ClNO2. The van der Waals surface area contributed by atoms with Crippen molar-refractivity contribution in [1.82, 2.24) is 0 Å². The predicted octanol–water partition coefficient (Wildman–Crippen LogP) is 3.69. The summed E-state index contributed by atoms with van der Waals surface area (Å²) in [4.78, 5) is 14.9. The van der Waals surface area contributed by atoms with Crippen molar-refractivity contribution >= 4 is 23.9 Å². The molecule has 0 saturated carbocycles. The third-order valence-electron chi connectivity index (χ3n) is 1.58. The van der Waals surface area contributed by atoms with Gasteiger partial charge in [-0.1, -0.05) is 23.7 Å². The molecule has 1 aromatic carbocycles. The van der Waals surface area contributed by atoms with E-state index < -0.39 is 11.7 Å². The van der Waals surface area contributed by atoms with E-state index in [0.29, 0.717) is 5.02 Å². The summed E-state index contributed by atoms with van der Waals surface area (Å²) in [5, 5.41) is 0.648. The van der Waals surface area contributed by atoms with Crippen LogP contribution >= 0.6 is 11.6 Å². The number of halogens is 1. The minimum atomic E-state index is -0.595. The van der Waals surface area contributed by atoms with Crippen molar-refractivity contribution in [3.63, 3.8) is 0 Å². The monoisotopic (exact) mass is 239 g/mol. The molecule has 1 rings (SSSR count). The summed E-state index contributed by atoms with van der Waals surface area (Å²) in [6.07, 6.45) is 0.854. The van der Waals surface area contributed by atoms with Gasteiger partial charge in [0.2, 0.25) is 0 Å². The van der Waals surface area contributed by atoms with Gasteiger partial charge in [0, 0.05) is 11.2 Å². The molecule has 16 heavy (non-hydrogen) atoms. The number of hydrogen-bond acceptors (Lipinski definition) is 2. The summed E-state index contributed by atoms with van der Waals surface area (Å²) in [6, 6.07) is 7.02. The Morgan fingerprint density at radius 2 is 1.88 bits per heavy atom. The summed E-state index contributed by atoms with van der Waals surface area (Å²) in [6.45, 7) is 5.38. The van der Waals surface area contributed by atoms with E-state index in [0.717, 1.165) is 5.56 Å². The van der Waals surface area contributed by atoms with E-state index in [9.17, 15) is 4.79 Å². The first-order valence-corrected chi connectivity index (χ1v) is 5.27. The van der Waals surface area contributed by atoms with Gasteiger partial charge in [0.15, 0.2) is 0 Å². The van der Waals surface area contributed by atoms with Crippen molar-refractivity contribution in [3.05, 3.63) is 34.9 Å². The molecule has 0 radical (unpaired) electrons. The van der Waals surface area contributed by atoms with Gasteiger partial charge in [-0.3, -0.25) is 0 Å². The van der Waals surface area contributed by atoms with Crippen LogP contribution in [0.15, 0.2) is 29.3 Å². The maximum absolute atomic E-state index is 11.3. The first kappa shape index (κ1) is 12.7. The standard InChI is InChI=1S/C12H14ClNO2/c1-12(2,3)16-11(15)14-8-9-4-6-10(13)7-5-9/h4-8H,1-3H3. The van der Waals surface area contributed by atoms with Crippen LogP contribution in [0.5, 0.6) is 0 Å². The van der Waals surface area contributed by atoms with Crippen LogP contribution in [0.3, 0.4) is 0 Å². The van der Waals surface area contributed by atoms with E-state index in [-0.39, 0.29) is 0 Å². The highest BCUT2D eigenvalue weighted by atomic mass is 35.5. The van der Waals surface area contributed by atoms with Gasteiger partial charge >= 0.3 is 6.09 Å². The molecule has 3 nitrogen and oxygen atoms in total. The Morgan fingerprint density at radius 3 is 2.38 bits per heavy atom. The van der Waals surface area contributed by atoms with Crippen molar-refractivity contribution in [2.75, 3.05) is 0 Å². The summed E-state index contributed by atoms with van der Waals surface area (Å²) in [7, 11) is 0. The molecule has 0 N–H and O–H groups in total. The van der Waals surface area contributed by atoms with Crippen LogP contribution in [0, 0.1) is 0 Å². The first-order chi connectivity index (χ1) is 7.37. The molecule has 0 fully saturated rings. The van der Waals surface area contributed by atoms with Gasteiger partial charge in [0.1, 0.15) is 5.60 Å². The normalized spacial score (nSPS) is 11.8. The highest BCUT2D eigenvalue weighted by Crippen LogP contribution is 2.09. The summed E-state index contributed by atoms with van der Waals surface area (Å²) < 4.78 is 5.02. The molecule has 0 aliphatic rings. The van der Waals surface area contributed by atoms with E-state index in [1.165, 1.54) is 6.21 Å². The number of nitrogens with zero attached hydrogens (tertiary/aromatic N) is 1. The molecule has 0 aromatic heterocycles. The Bertz CT molecular complexity index is 390. The van der Waals surface area contributed by atoms with Gasteiger partial charge < -0.3 is 4.74 Å². The highest BCUT2D eigenvalue weighted by Gasteiger charge is 2.14. The van der Waals surface area contributed by atoms with Crippen molar-refractivity contribution in [3.8, 4) is 0 Å². The van der Waals surface area contributed by atoms with Crippen LogP contribution in [0.4, 0.5) is 4.79 Å². The highest BCUT2D eigenvalue weighted by molar-refractivity contribution is 6.30. The average Bonchev–Trinajstić information content (AvgIpc) is 2.14.